The molecule has 0 bridgehead atoms. The number of carbonyl (C=O) groups excluding carboxylic acids is 2. The standard InChI is InChI=1S/C16H24N2O3S/c1-11-4-6-13(15(19)17-8-9-21-3)10-18(11)16(20)14-7-5-12(2)22-14/h5,7,11,13H,4,6,8-10H2,1-3H3,(H,17,19)/t11-,13+/m1/s1. The summed E-state index contributed by atoms with van der Waals surface area (Å²) in [6.07, 6.45) is 1.69. The first-order valence-corrected chi connectivity index (χ1v) is 8.48. The molecule has 0 saturated carbocycles. The van der Waals surface area contributed by atoms with Crippen LogP contribution in [0.2, 0.25) is 0 Å². The van der Waals surface area contributed by atoms with Crippen LogP contribution in [-0.4, -0.2) is 49.6 Å². The summed E-state index contributed by atoms with van der Waals surface area (Å²) < 4.78 is 4.94. The molecule has 0 radical (unpaired) electrons. The molecule has 1 aromatic rings. The van der Waals surface area contributed by atoms with Crippen LogP contribution >= 0.6 is 11.3 Å². The molecular weight excluding hydrogens is 300 g/mol. The van der Waals surface area contributed by atoms with E-state index in [1.165, 1.54) is 11.3 Å². The Morgan fingerprint density at radius 1 is 1.41 bits per heavy atom. The van der Waals surface area contributed by atoms with Gasteiger partial charge in [0.2, 0.25) is 5.91 Å². The quantitative estimate of drug-likeness (QED) is 0.844. The second kappa shape index (κ2) is 7.74. The molecule has 0 spiro atoms. The molecule has 6 heteroatoms. The van der Waals surface area contributed by atoms with Gasteiger partial charge in [-0.1, -0.05) is 0 Å². The van der Waals surface area contributed by atoms with Gasteiger partial charge < -0.3 is 15.0 Å². The van der Waals surface area contributed by atoms with Crippen molar-refractivity contribution in [2.75, 3.05) is 26.8 Å². The molecule has 1 saturated heterocycles. The SMILES string of the molecule is COCCNC(=O)[C@H]1CC[C@@H](C)N(C(=O)c2ccc(C)s2)C1. The van der Waals surface area contributed by atoms with E-state index in [2.05, 4.69) is 12.2 Å². The topological polar surface area (TPSA) is 58.6 Å². The van der Waals surface area contributed by atoms with E-state index in [9.17, 15) is 9.59 Å². The molecule has 122 valence electrons. The average molecular weight is 324 g/mol. The first-order valence-electron chi connectivity index (χ1n) is 7.67. The molecule has 5 nitrogen and oxygen atoms in total. The zero-order valence-electron chi connectivity index (χ0n) is 13.4. The van der Waals surface area contributed by atoms with E-state index in [0.29, 0.717) is 19.7 Å². The van der Waals surface area contributed by atoms with Gasteiger partial charge in [-0.2, -0.15) is 0 Å². The maximum Gasteiger partial charge on any atom is 0.264 e. The monoisotopic (exact) mass is 324 g/mol. The van der Waals surface area contributed by atoms with Gasteiger partial charge in [0.25, 0.3) is 5.91 Å². The molecular formula is C16H24N2O3S. The van der Waals surface area contributed by atoms with Crippen LogP contribution in [0.1, 0.15) is 34.3 Å². The van der Waals surface area contributed by atoms with E-state index in [-0.39, 0.29) is 23.8 Å². The largest absolute Gasteiger partial charge is 0.383 e. The number of hydrogen-bond donors (Lipinski definition) is 1. The Morgan fingerprint density at radius 3 is 2.82 bits per heavy atom. The summed E-state index contributed by atoms with van der Waals surface area (Å²) in [6, 6.07) is 4.01. The van der Waals surface area contributed by atoms with Gasteiger partial charge in [-0.3, -0.25) is 9.59 Å². The van der Waals surface area contributed by atoms with E-state index in [1.54, 1.807) is 7.11 Å². The summed E-state index contributed by atoms with van der Waals surface area (Å²) in [5, 5.41) is 2.87. The maximum atomic E-state index is 12.6. The lowest BCUT2D eigenvalue weighted by Gasteiger charge is -2.37. The third kappa shape index (κ3) is 4.08. The maximum absolute atomic E-state index is 12.6. The van der Waals surface area contributed by atoms with Crippen molar-refractivity contribution in [3.8, 4) is 0 Å². The van der Waals surface area contributed by atoms with Gasteiger partial charge in [0.1, 0.15) is 0 Å². The van der Waals surface area contributed by atoms with Crippen LogP contribution < -0.4 is 5.32 Å². The number of aryl methyl sites for hydroxylation is 1. The molecule has 0 unspecified atom stereocenters. The fourth-order valence-corrected chi connectivity index (χ4v) is 3.54. The second-order valence-corrected chi connectivity index (χ2v) is 7.06. The van der Waals surface area contributed by atoms with Crippen LogP contribution in [-0.2, 0) is 9.53 Å². The average Bonchev–Trinajstić information content (AvgIpc) is 2.93. The molecule has 2 atom stereocenters. The summed E-state index contributed by atoms with van der Waals surface area (Å²) in [4.78, 5) is 28.5. The molecule has 1 fully saturated rings. The van der Waals surface area contributed by atoms with Crippen molar-refractivity contribution in [3.05, 3.63) is 21.9 Å². The Kier molecular flexibility index (Phi) is 5.97. The predicted octanol–water partition coefficient (Wildman–Crippen LogP) is 2.06. The summed E-state index contributed by atoms with van der Waals surface area (Å²) in [7, 11) is 1.61. The minimum absolute atomic E-state index is 0.0177. The van der Waals surface area contributed by atoms with Crippen molar-refractivity contribution in [3.63, 3.8) is 0 Å². The molecule has 1 aliphatic heterocycles. The van der Waals surface area contributed by atoms with E-state index in [0.717, 1.165) is 22.6 Å². The fourth-order valence-electron chi connectivity index (χ4n) is 2.72. The zero-order valence-corrected chi connectivity index (χ0v) is 14.2. The van der Waals surface area contributed by atoms with Crippen LogP contribution in [0.3, 0.4) is 0 Å². The van der Waals surface area contributed by atoms with Gasteiger partial charge in [0, 0.05) is 31.1 Å². The number of thiophene rings is 1. The van der Waals surface area contributed by atoms with Gasteiger partial charge >= 0.3 is 0 Å². The van der Waals surface area contributed by atoms with Crippen LogP contribution in [0.5, 0.6) is 0 Å². The second-order valence-electron chi connectivity index (χ2n) is 5.77. The Bertz CT molecular complexity index is 529. The van der Waals surface area contributed by atoms with E-state index >= 15 is 0 Å². The third-order valence-corrected chi connectivity index (χ3v) is 5.06. The van der Waals surface area contributed by atoms with Gasteiger partial charge in [-0.15, -0.1) is 11.3 Å². The van der Waals surface area contributed by atoms with E-state index < -0.39 is 0 Å². The van der Waals surface area contributed by atoms with Gasteiger partial charge in [-0.05, 0) is 38.8 Å². The molecule has 0 aromatic carbocycles. The Morgan fingerprint density at radius 2 is 2.18 bits per heavy atom. The lowest BCUT2D eigenvalue weighted by molar-refractivity contribution is -0.126. The fraction of sp³-hybridized carbons (Fsp3) is 0.625. The lowest BCUT2D eigenvalue weighted by atomic mass is 9.92. The number of ether oxygens (including phenoxy) is 1. The minimum atomic E-state index is -0.127. The van der Waals surface area contributed by atoms with Crippen molar-refractivity contribution in [2.45, 2.75) is 32.7 Å². The van der Waals surface area contributed by atoms with Crippen molar-refractivity contribution < 1.29 is 14.3 Å². The Labute approximate surface area is 135 Å². The highest BCUT2D eigenvalue weighted by Gasteiger charge is 2.33. The number of methoxy groups -OCH3 is 1. The third-order valence-electron chi connectivity index (χ3n) is 4.07. The summed E-state index contributed by atoms with van der Waals surface area (Å²) >= 11 is 1.51. The minimum Gasteiger partial charge on any atom is -0.383 e. The van der Waals surface area contributed by atoms with Crippen molar-refractivity contribution in [1.29, 1.82) is 0 Å². The molecule has 2 rings (SSSR count). The van der Waals surface area contributed by atoms with E-state index in [1.807, 2.05) is 24.0 Å². The van der Waals surface area contributed by atoms with E-state index in [4.69, 9.17) is 4.74 Å². The zero-order chi connectivity index (χ0) is 16.1. The number of hydrogen-bond acceptors (Lipinski definition) is 4. The molecule has 1 aliphatic rings. The highest BCUT2D eigenvalue weighted by molar-refractivity contribution is 7.13. The Balaban J connectivity index is 1.98. The number of likely N-dealkylation sites (tertiary alicyclic amines) is 1. The van der Waals surface area contributed by atoms with Gasteiger partial charge in [0.05, 0.1) is 17.4 Å². The number of nitrogens with zero attached hydrogens (tertiary/aromatic N) is 1. The highest BCUT2D eigenvalue weighted by atomic mass is 32.1. The van der Waals surface area contributed by atoms with Gasteiger partial charge in [0.15, 0.2) is 0 Å². The number of carbonyl (C=O) groups is 2. The normalized spacial score (nSPS) is 21.7. The number of rotatable bonds is 5. The number of amides is 2. The van der Waals surface area contributed by atoms with Gasteiger partial charge in [-0.25, -0.2) is 0 Å². The smallest absolute Gasteiger partial charge is 0.264 e. The molecule has 1 N–H and O–H groups in total. The molecule has 1 aromatic heterocycles. The molecule has 0 aliphatic carbocycles. The summed E-state index contributed by atoms with van der Waals surface area (Å²) in [6.45, 7) is 5.56. The van der Waals surface area contributed by atoms with Crippen molar-refractivity contribution >= 4 is 23.2 Å². The summed E-state index contributed by atoms with van der Waals surface area (Å²) in [5.41, 5.74) is 0. The first-order chi connectivity index (χ1) is 10.5. The molecule has 22 heavy (non-hydrogen) atoms. The Hall–Kier alpha value is -1.40. The van der Waals surface area contributed by atoms with Crippen LogP contribution in [0.4, 0.5) is 0 Å². The van der Waals surface area contributed by atoms with Crippen LogP contribution in [0, 0.1) is 12.8 Å². The van der Waals surface area contributed by atoms with Crippen LogP contribution in [0.15, 0.2) is 12.1 Å². The lowest BCUT2D eigenvalue weighted by Crippen LogP contribution is -2.49. The number of nitrogens with one attached hydrogen (secondary N) is 1. The van der Waals surface area contributed by atoms with Crippen molar-refractivity contribution in [1.82, 2.24) is 10.2 Å². The van der Waals surface area contributed by atoms with Crippen LogP contribution in [0.25, 0.3) is 0 Å². The van der Waals surface area contributed by atoms with Crippen molar-refractivity contribution in [2.24, 2.45) is 5.92 Å². The summed E-state index contributed by atoms with van der Waals surface area (Å²) in [5.74, 6) is -0.0674. The number of piperidine rings is 1. The first kappa shape index (κ1) is 17.0. The molecule has 2 heterocycles. The predicted molar refractivity (Wildman–Crippen MR) is 87.2 cm³/mol. The molecule has 2 amide bonds. The highest BCUT2D eigenvalue weighted by Crippen LogP contribution is 2.26.